The second-order valence-corrected chi connectivity index (χ2v) is 3.34. The van der Waals surface area contributed by atoms with Gasteiger partial charge in [-0.2, -0.15) is 5.26 Å². The highest BCUT2D eigenvalue weighted by molar-refractivity contribution is 6.30. The van der Waals surface area contributed by atoms with Gasteiger partial charge >= 0.3 is 0 Å². The van der Waals surface area contributed by atoms with Gasteiger partial charge in [-0.15, -0.1) is 0 Å². The number of hydrogen-bond donors (Lipinski definition) is 2. The molecule has 1 aromatic rings. The fourth-order valence-electron chi connectivity index (χ4n) is 1.17. The lowest BCUT2D eigenvalue weighted by Gasteiger charge is -2.15. The van der Waals surface area contributed by atoms with Gasteiger partial charge in [-0.3, -0.25) is 0 Å². The van der Waals surface area contributed by atoms with Gasteiger partial charge in [0.15, 0.2) is 6.10 Å². The molecule has 2 atom stereocenters. The molecule has 0 aliphatic carbocycles. The molecule has 0 aliphatic heterocycles. The van der Waals surface area contributed by atoms with E-state index in [0.717, 1.165) is 0 Å². The van der Waals surface area contributed by atoms with E-state index in [0.29, 0.717) is 16.3 Å². The summed E-state index contributed by atoms with van der Waals surface area (Å²) in [5, 5.41) is 27.7. The van der Waals surface area contributed by atoms with Crippen molar-refractivity contribution in [2.24, 2.45) is 0 Å². The summed E-state index contributed by atoms with van der Waals surface area (Å²) >= 11 is 5.72. The average molecular weight is 228 g/mol. The lowest BCUT2D eigenvalue weighted by Crippen LogP contribution is -2.16. The number of hydrogen-bond acceptors (Lipinski definition) is 4. The van der Waals surface area contributed by atoms with Crippen molar-refractivity contribution in [2.75, 3.05) is 7.11 Å². The Morgan fingerprint density at radius 2 is 2.13 bits per heavy atom. The first kappa shape index (κ1) is 11.8. The molecule has 15 heavy (non-hydrogen) atoms. The molecule has 1 aromatic carbocycles. The quantitative estimate of drug-likeness (QED) is 0.763. The summed E-state index contributed by atoms with van der Waals surface area (Å²) in [5.41, 5.74) is 0.330. The molecular formula is C10H10ClNO3. The first-order valence-electron chi connectivity index (χ1n) is 4.19. The van der Waals surface area contributed by atoms with E-state index in [4.69, 9.17) is 26.7 Å². The SMILES string of the molecule is COc1cc(Cl)ccc1C(O)C(O)C#N. The fourth-order valence-corrected chi connectivity index (χ4v) is 1.33. The number of aliphatic hydroxyl groups is 2. The summed E-state index contributed by atoms with van der Waals surface area (Å²) < 4.78 is 4.98. The minimum absolute atomic E-state index is 0.330. The first-order valence-corrected chi connectivity index (χ1v) is 4.57. The maximum Gasteiger partial charge on any atom is 0.170 e. The van der Waals surface area contributed by atoms with Crippen molar-refractivity contribution in [1.29, 1.82) is 5.26 Å². The van der Waals surface area contributed by atoms with Crippen LogP contribution < -0.4 is 4.74 Å². The number of nitriles is 1. The topological polar surface area (TPSA) is 73.5 Å². The third-order valence-corrected chi connectivity index (χ3v) is 2.18. The summed E-state index contributed by atoms with van der Waals surface area (Å²) in [7, 11) is 1.42. The zero-order chi connectivity index (χ0) is 11.4. The standard InChI is InChI=1S/C10H10ClNO3/c1-15-9-4-6(11)2-3-7(9)10(14)8(13)5-12/h2-4,8,10,13-14H,1H3. The number of aliphatic hydroxyl groups excluding tert-OH is 2. The van der Waals surface area contributed by atoms with Crippen LogP contribution in [0.5, 0.6) is 5.75 Å². The third-order valence-electron chi connectivity index (χ3n) is 1.95. The van der Waals surface area contributed by atoms with Crippen LogP contribution in [0.2, 0.25) is 5.02 Å². The Kier molecular flexibility index (Phi) is 3.92. The largest absolute Gasteiger partial charge is 0.496 e. The van der Waals surface area contributed by atoms with Gasteiger partial charge in [-0.25, -0.2) is 0 Å². The summed E-state index contributed by atoms with van der Waals surface area (Å²) in [6.45, 7) is 0. The first-order chi connectivity index (χ1) is 7.10. The zero-order valence-electron chi connectivity index (χ0n) is 8.01. The highest BCUT2D eigenvalue weighted by Gasteiger charge is 2.21. The number of ether oxygens (including phenoxy) is 1. The number of rotatable bonds is 3. The molecule has 0 spiro atoms. The molecule has 0 fully saturated rings. The maximum atomic E-state index is 9.60. The molecule has 0 saturated carbocycles. The molecule has 0 amide bonds. The average Bonchev–Trinajstić information content (AvgIpc) is 2.26. The van der Waals surface area contributed by atoms with Gasteiger partial charge in [-0.05, 0) is 12.1 Å². The Morgan fingerprint density at radius 1 is 1.47 bits per heavy atom. The Labute approximate surface area is 92.3 Å². The van der Waals surface area contributed by atoms with Crippen LogP contribution in [-0.2, 0) is 0 Å². The van der Waals surface area contributed by atoms with Crippen molar-refractivity contribution in [3.05, 3.63) is 28.8 Å². The monoisotopic (exact) mass is 227 g/mol. The summed E-state index contributed by atoms with van der Waals surface area (Å²) in [6, 6.07) is 6.10. The smallest absolute Gasteiger partial charge is 0.170 e. The molecule has 0 heterocycles. The second-order valence-electron chi connectivity index (χ2n) is 2.91. The second kappa shape index (κ2) is 4.99. The molecule has 2 N–H and O–H groups in total. The minimum Gasteiger partial charge on any atom is -0.496 e. The highest BCUT2D eigenvalue weighted by atomic mass is 35.5. The highest BCUT2D eigenvalue weighted by Crippen LogP contribution is 2.29. The van der Waals surface area contributed by atoms with Gasteiger partial charge < -0.3 is 14.9 Å². The Balaban J connectivity index is 3.09. The summed E-state index contributed by atoms with van der Waals surface area (Å²) in [6.07, 6.45) is -2.79. The van der Waals surface area contributed by atoms with Gasteiger partial charge in [0.2, 0.25) is 0 Å². The number of methoxy groups -OCH3 is 1. The molecule has 5 heteroatoms. The third kappa shape index (κ3) is 2.60. The number of nitrogens with zero attached hydrogens (tertiary/aromatic N) is 1. The van der Waals surface area contributed by atoms with Crippen LogP contribution in [0.1, 0.15) is 11.7 Å². The molecule has 1 rings (SSSR count). The van der Waals surface area contributed by atoms with E-state index in [-0.39, 0.29) is 0 Å². The van der Waals surface area contributed by atoms with Gasteiger partial charge in [0.1, 0.15) is 11.9 Å². The molecule has 0 radical (unpaired) electrons. The fraction of sp³-hybridized carbons (Fsp3) is 0.300. The lowest BCUT2D eigenvalue weighted by molar-refractivity contribution is 0.0511. The Hall–Kier alpha value is -1.28. The predicted molar refractivity (Wildman–Crippen MR) is 54.6 cm³/mol. The van der Waals surface area contributed by atoms with Crippen LogP contribution in [-0.4, -0.2) is 23.4 Å². The van der Waals surface area contributed by atoms with E-state index in [9.17, 15) is 5.11 Å². The van der Waals surface area contributed by atoms with E-state index in [2.05, 4.69) is 0 Å². The van der Waals surface area contributed by atoms with E-state index in [1.807, 2.05) is 0 Å². The van der Waals surface area contributed by atoms with E-state index < -0.39 is 12.2 Å². The molecule has 0 aromatic heterocycles. The van der Waals surface area contributed by atoms with Crippen molar-refractivity contribution in [1.82, 2.24) is 0 Å². The molecule has 0 aliphatic rings. The van der Waals surface area contributed by atoms with Crippen molar-refractivity contribution in [3.63, 3.8) is 0 Å². The minimum atomic E-state index is -1.49. The van der Waals surface area contributed by atoms with Crippen LogP contribution in [0, 0.1) is 11.3 Å². The van der Waals surface area contributed by atoms with Crippen molar-refractivity contribution < 1.29 is 14.9 Å². The zero-order valence-corrected chi connectivity index (χ0v) is 8.77. The lowest BCUT2D eigenvalue weighted by atomic mass is 10.0. The molecule has 0 bridgehead atoms. The van der Waals surface area contributed by atoms with Crippen molar-refractivity contribution >= 4 is 11.6 Å². The number of benzene rings is 1. The normalized spacial score (nSPS) is 14.1. The Morgan fingerprint density at radius 3 is 2.67 bits per heavy atom. The van der Waals surface area contributed by atoms with Crippen LogP contribution in [0.15, 0.2) is 18.2 Å². The molecular weight excluding hydrogens is 218 g/mol. The van der Waals surface area contributed by atoms with Crippen molar-refractivity contribution in [3.8, 4) is 11.8 Å². The van der Waals surface area contributed by atoms with Crippen LogP contribution >= 0.6 is 11.6 Å². The van der Waals surface area contributed by atoms with Crippen LogP contribution in [0.25, 0.3) is 0 Å². The summed E-state index contributed by atoms with van der Waals surface area (Å²) in [4.78, 5) is 0. The van der Waals surface area contributed by atoms with Gasteiger partial charge in [0.25, 0.3) is 0 Å². The van der Waals surface area contributed by atoms with E-state index >= 15 is 0 Å². The molecule has 0 saturated heterocycles. The van der Waals surface area contributed by atoms with Crippen LogP contribution in [0.4, 0.5) is 0 Å². The van der Waals surface area contributed by atoms with Crippen molar-refractivity contribution in [2.45, 2.75) is 12.2 Å². The van der Waals surface area contributed by atoms with Gasteiger partial charge in [0, 0.05) is 10.6 Å². The predicted octanol–water partition coefficient (Wildman–Crippen LogP) is 1.27. The molecule has 2 unspecified atom stereocenters. The summed E-state index contributed by atoms with van der Waals surface area (Å²) in [5.74, 6) is 0.337. The van der Waals surface area contributed by atoms with Gasteiger partial charge in [-0.1, -0.05) is 17.7 Å². The van der Waals surface area contributed by atoms with E-state index in [1.165, 1.54) is 19.2 Å². The number of halogens is 1. The van der Waals surface area contributed by atoms with Crippen LogP contribution in [0.3, 0.4) is 0 Å². The maximum absolute atomic E-state index is 9.60. The van der Waals surface area contributed by atoms with Gasteiger partial charge in [0.05, 0.1) is 13.2 Å². The molecule has 80 valence electrons. The molecule has 4 nitrogen and oxygen atoms in total. The Bertz CT molecular complexity index is 389. The van der Waals surface area contributed by atoms with E-state index in [1.54, 1.807) is 12.1 Å².